The Kier molecular flexibility index (Phi) is 10.1. The highest BCUT2D eigenvalue weighted by molar-refractivity contribution is 4.98. The third-order valence-corrected chi connectivity index (χ3v) is 1.68. The van der Waals surface area contributed by atoms with Gasteiger partial charge in [-0.05, 0) is 19.3 Å². The molecule has 0 rings (SSSR count). The Morgan fingerprint density at radius 3 is 2.25 bits per heavy atom. The number of unbranched alkanes of at least 4 members (excludes halogenated alkanes) is 4. The van der Waals surface area contributed by atoms with E-state index in [1.807, 2.05) is 0 Å². The predicted molar refractivity (Wildman–Crippen MR) is 53.0 cm³/mol. The number of ether oxygens (including phenoxy) is 1. The molecule has 0 atom stereocenters. The molecule has 0 aromatic carbocycles. The maximum atomic E-state index is 4.94. The van der Waals surface area contributed by atoms with Gasteiger partial charge in [0.1, 0.15) is 0 Å². The third kappa shape index (κ3) is 9.52. The van der Waals surface area contributed by atoms with E-state index in [1.54, 1.807) is 7.11 Å². The summed E-state index contributed by atoms with van der Waals surface area (Å²) in [5, 5.41) is 0. The van der Waals surface area contributed by atoms with Gasteiger partial charge in [-0.3, -0.25) is 0 Å². The van der Waals surface area contributed by atoms with E-state index in [0.717, 1.165) is 25.9 Å². The summed E-state index contributed by atoms with van der Waals surface area (Å²) in [5.41, 5.74) is 0. The standard InChI is InChI=1S/C11H20O/c1-3-4-5-6-7-8-9-10-11-12-2/h3-5,8-11H2,1-2H3. The molecule has 0 fully saturated rings. The molecule has 0 N–H and O–H groups in total. The van der Waals surface area contributed by atoms with Crippen LogP contribution in [0.4, 0.5) is 0 Å². The second kappa shape index (κ2) is 10.5. The molecule has 1 heteroatoms. The van der Waals surface area contributed by atoms with E-state index in [4.69, 9.17) is 4.74 Å². The van der Waals surface area contributed by atoms with E-state index in [2.05, 4.69) is 18.8 Å². The summed E-state index contributed by atoms with van der Waals surface area (Å²) in [6, 6.07) is 0. The monoisotopic (exact) mass is 168 g/mol. The molecule has 0 saturated heterocycles. The zero-order valence-electron chi connectivity index (χ0n) is 8.36. The minimum atomic E-state index is 0.872. The van der Waals surface area contributed by atoms with E-state index in [9.17, 15) is 0 Å². The van der Waals surface area contributed by atoms with Gasteiger partial charge in [-0.15, -0.1) is 11.8 Å². The molecule has 70 valence electrons. The lowest BCUT2D eigenvalue weighted by Crippen LogP contribution is -1.86. The SMILES string of the molecule is CCCCC#CCCCCOC. The normalized spacial score (nSPS) is 9.17. The zero-order chi connectivity index (χ0) is 9.07. The summed E-state index contributed by atoms with van der Waals surface area (Å²) in [4.78, 5) is 0. The molecule has 0 aromatic heterocycles. The molecule has 0 aliphatic carbocycles. The Morgan fingerprint density at radius 1 is 1.00 bits per heavy atom. The van der Waals surface area contributed by atoms with Crippen molar-refractivity contribution in [2.75, 3.05) is 13.7 Å². The van der Waals surface area contributed by atoms with Crippen molar-refractivity contribution in [1.29, 1.82) is 0 Å². The zero-order valence-corrected chi connectivity index (χ0v) is 8.36. The summed E-state index contributed by atoms with van der Waals surface area (Å²) < 4.78 is 4.94. The van der Waals surface area contributed by atoms with Crippen molar-refractivity contribution in [3.63, 3.8) is 0 Å². The van der Waals surface area contributed by atoms with Gasteiger partial charge in [0.15, 0.2) is 0 Å². The van der Waals surface area contributed by atoms with Gasteiger partial charge < -0.3 is 4.74 Å². The van der Waals surface area contributed by atoms with E-state index in [-0.39, 0.29) is 0 Å². The van der Waals surface area contributed by atoms with Gasteiger partial charge in [-0.2, -0.15) is 0 Å². The molecule has 1 nitrogen and oxygen atoms in total. The van der Waals surface area contributed by atoms with Gasteiger partial charge in [0, 0.05) is 26.6 Å². The van der Waals surface area contributed by atoms with Gasteiger partial charge >= 0.3 is 0 Å². The second-order valence-corrected chi connectivity index (χ2v) is 2.91. The molecular weight excluding hydrogens is 148 g/mol. The molecular formula is C11H20O. The van der Waals surface area contributed by atoms with Crippen LogP contribution in [0.3, 0.4) is 0 Å². The first-order valence-corrected chi connectivity index (χ1v) is 4.86. The maximum absolute atomic E-state index is 4.94. The van der Waals surface area contributed by atoms with Crippen molar-refractivity contribution in [1.82, 2.24) is 0 Å². The largest absolute Gasteiger partial charge is 0.385 e. The highest BCUT2D eigenvalue weighted by atomic mass is 16.5. The lowest BCUT2D eigenvalue weighted by Gasteiger charge is -1.93. The minimum Gasteiger partial charge on any atom is -0.385 e. The van der Waals surface area contributed by atoms with Crippen molar-refractivity contribution < 1.29 is 4.74 Å². The van der Waals surface area contributed by atoms with Crippen molar-refractivity contribution in [3.05, 3.63) is 0 Å². The first-order valence-electron chi connectivity index (χ1n) is 4.86. The van der Waals surface area contributed by atoms with Gasteiger partial charge in [0.05, 0.1) is 0 Å². The van der Waals surface area contributed by atoms with E-state index >= 15 is 0 Å². The molecule has 0 unspecified atom stereocenters. The molecule has 0 heterocycles. The summed E-state index contributed by atoms with van der Waals surface area (Å²) >= 11 is 0. The first-order chi connectivity index (χ1) is 5.91. The van der Waals surface area contributed by atoms with Crippen LogP contribution >= 0.6 is 0 Å². The van der Waals surface area contributed by atoms with Crippen LogP contribution in [0.2, 0.25) is 0 Å². The summed E-state index contributed by atoms with van der Waals surface area (Å²) in [5.74, 6) is 6.35. The number of hydrogen-bond acceptors (Lipinski definition) is 1. The lowest BCUT2D eigenvalue weighted by atomic mass is 10.2. The summed E-state index contributed by atoms with van der Waals surface area (Å²) in [6.07, 6.45) is 6.91. The van der Waals surface area contributed by atoms with Crippen LogP contribution in [0.1, 0.15) is 45.4 Å². The number of hydrogen-bond donors (Lipinski definition) is 0. The van der Waals surface area contributed by atoms with Crippen LogP contribution in [0.15, 0.2) is 0 Å². The Bertz CT molecular complexity index is 130. The average Bonchev–Trinajstić information content (AvgIpc) is 2.10. The van der Waals surface area contributed by atoms with Crippen LogP contribution in [-0.4, -0.2) is 13.7 Å². The van der Waals surface area contributed by atoms with Crippen LogP contribution in [0.25, 0.3) is 0 Å². The highest BCUT2D eigenvalue weighted by Gasteiger charge is 1.83. The molecule has 0 bridgehead atoms. The molecule has 0 saturated carbocycles. The number of methoxy groups -OCH3 is 1. The van der Waals surface area contributed by atoms with Crippen LogP contribution < -0.4 is 0 Å². The van der Waals surface area contributed by atoms with Gasteiger partial charge in [0.2, 0.25) is 0 Å². The molecule has 0 radical (unpaired) electrons. The second-order valence-electron chi connectivity index (χ2n) is 2.91. The minimum absolute atomic E-state index is 0.872. The van der Waals surface area contributed by atoms with Crippen molar-refractivity contribution >= 4 is 0 Å². The summed E-state index contributed by atoms with van der Waals surface area (Å²) in [7, 11) is 1.74. The fourth-order valence-corrected chi connectivity index (χ4v) is 0.902. The molecule has 0 aliphatic heterocycles. The highest BCUT2D eigenvalue weighted by Crippen LogP contribution is 1.95. The molecule has 0 aromatic rings. The van der Waals surface area contributed by atoms with Crippen molar-refractivity contribution in [2.24, 2.45) is 0 Å². The smallest absolute Gasteiger partial charge is 0.0462 e. The Balaban J connectivity index is 2.99. The van der Waals surface area contributed by atoms with E-state index in [1.165, 1.54) is 19.3 Å². The van der Waals surface area contributed by atoms with Gasteiger partial charge in [-0.1, -0.05) is 13.3 Å². The quantitative estimate of drug-likeness (QED) is 0.437. The maximum Gasteiger partial charge on any atom is 0.0462 e. The molecule has 0 aliphatic rings. The van der Waals surface area contributed by atoms with E-state index in [0.29, 0.717) is 0 Å². The van der Waals surface area contributed by atoms with Gasteiger partial charge in [-0.25, -0.2) is 0 Å². The predicted octanol–water partition coefficient (Wildman–Crippen LogP) is 3.00. The van der Waals surface area contributed by atoms with Crippen molar-refractivity contribution in [3.8, 4) is 11.8 Å². The number of rotatable bonds is 6. The first kappa shape index (κ1) is 11.5. The van der Waals surface area contributed by atoms with Crippen LogP contribution in [0, 0.1) is 11.8 Å². The molecule has 12 heavy (non-hydrogen) atoms. The summed E-state index contributed by atoms with van der Waals surface area (Å²) in [6.45, 7) is 3.07. The molecule has 0 spiro atoms. The lowest BCUT2D eigenvalue weighted by molar-refractivity contribution is 0.193. The van der Waals surface area contributed by atoms with E-state index < -0.39 is 0 Å². The van der Waals surface area contributed by atoms with Crippen molar-refractivity contribution in [2.45, 2.75) is 45.4 Å². The molecule has 0 amide bonds. The van der Waals surface area contributed by atoms with Crippen LogP contribution in [-0.2, 0) is 4.74 Å². The Morgan fingerprint density at radius 2 is 1.67 bits per heavy atom. The Hall–Kier alpha value is -0.480. The topological polar surface area (TPSA) is 9.23 Å². The fourth-order valence-electron chi connectivity index (χ4n) is 0.902. The Labute approximate surface area is 76.5 Å². The van der Waals surface area contributed by atoms with Crippen LogP contribution in [0.5, 0.6) is 0 Å². The third-order valence-electron chi connectivity index (χ3n) is 1.68. The van der Waals surface area contributed by atoms with Gasteiger partial charge in [0.25, 0.3) is 0 Å². The fraction of sp³-hybridized carbons (Fsp3) is 0.818. The average molecular weight is 168 g/mol.